The second-order valence-corrected chi connectivity index (χ2v) is 3.99. The molecule has 86 valence electrons. The molecule has 0 spiro atoms. The zero-order valence-electron chi connectivity index (χ0n) is 8.98. The minimum absolute atomic E-state index is 0.492. The lowest BCUT2D eigenvalue weighted by Gasteiger charge is -2.34. The Hall–Kier alpha value is -1.55. The van der Waals surface area contributed by atoms with E-state index in [0.717, 1.165) is 5.69 Å². The molecule has 1 aromatic rings. The van der Waals surface area contributed by atoms with Crippen LogP contribution >= 0.6 is 0 Å². The van der Waals surface area contributed by atoms with Crippen LogP contribution in [-0.2, 0) is 9.53 Å². The quantitative estimate of drug-likeness (QED) is 0.816. The van der Waals surface area contributed by atoms with Gasteiger partial charge in [0.1, 0.15) is 5.54 Å². The summed E-state index contributed by atoms with van der Waals surface area (Å²) >= 11 is 0. The monoisotopic (exact) mass is 221 g/mol. The molecule has 0 aromatic heterocycles. The summed E-state index contributed by atoms with van der Waals surface area (Å²) in [6.45, 7) is 0.984. The second kappa shape index (κ2) is 4.53. The van der Waals surface area contributed by atoms with Crippen LogP contribution in [0.5, 0.6) is 0 Å². The van der Waals surface area contributed by atoms with Crippen molar-refractivity contribution in [3.63, 3.8) is 0 Å². The molecule has 4 heteroatoms. The predicted octanol–water partition coefficient (Wildman–Crippen LogP) is 1.73. The Labute approximate surface area is 94.2 Å². The van der Waals surface area contributed by atoms with Crippen molar-refractivity contribution < 1.29 is 14.6 Å². The lowest BCUT2D eigenvalue weighted by molar-refractivity contribution is -0.145. The van der Waals surface area contributed by atoms with Crippen LogP contribution in [0.4, 0.5) is 5.69 Å². The molecule has 1 aliphatic rings. The van der Waals surface area contributed by atoms with E-state index < -0.39 is 11.5 Å². The molecular formula is C12H15NO3. The van der Waals surface area contributed by atoms with Gasteiger partial charge in [0.25, 0.3) is 0 Å². The number of aliphatic carboxylic acids is 1. The SMILES string of the molecule is O=C(O)C1(Nc2ccccc2)CCOCC1. The lowest BCUT2D eigenvalue weighted by Crippen LogP contribution is -2.50. The topological polar surface area (TPSA) is 58.6 Å². The summed E-state index contributed by atoms with van der Waals surface area (Å²) in [6, 6.07) is 9.43. The first-order chi connectivity index (χ1) is 7.73. The van der Waals surface area contributed by atoms with E-state index >= 15 is 0 Å². The fourth-order valence-electron chi connectivity index (χ4n) is 1.91. The van der Waals surface area contributed by atoms with E-state index in [2.05, 4.69) is 5.32 Å². The van der Waals surface area contributed by atoms with Crippen LogP contribution in [0.3, 0.4) is 0 Å². The van der Waals surface area contributed by atoms with Crippen LogP contribution < -0.4 is 5.32 Å². The highest BCUT2D eigenvalue weighted by Gasteiger charge is 2.40. The summed E-state index contributed by atoms with van der Waals surface area (Å²) in [5.74, 6) is -0.806. The average Bonchev–Trinajstić information content (AvgIpc) is 2.31. The number of carbonyl (C=O) groups is 1. The molecule has 0 amide bonds. The molecule has 1 heterocycles. The minimum atomic E-state index is -0.875. The molecule has 1 fully saturated rings. The maximum Gasteiger partial charge on any atom is 0.329 e. The fraction of sp³-hybridized carbons (Fsp3) is 0.417. The van der Waals surface area contributed by atoms with Gasteiger partial charge in [-0.2, -0.15) is 0 Å². The van der Waals surface area contributed by atoms with Crippen LogP contribution in [0.1, 0.15) is 12.8 Å². The van der Waals surface area contributed by atoms with Crippen LogP contribution in [0, 0.1) is 0 Å². The van der Waals surface area contributed by atoms with E-state index in [4.69, 9.17) is 4.74 Å². The van der Waals surface area contributed by atoms with Gasteiger partial charge in [-0.25, -0.2) is 4.79 Å². The van der Waals surface area contributed by atoms with Gasteiger partial charge in [0.15, 0.2) is 0 Å². The first kappa shape index (κ1) is 11.0. The van der Waals surface area contributed by atoms with Gasteiger partial charge in [0, 0.05) is 31.7 Å². The molecule has 0 saturated carbocycles. The second-order valence-electron chi connectivity index (χ2n) is 3.99. The van der Waals surface area contributed by atoms with Gasteiger partial charge >= 0.3 is 5.97 Å². The summed E-state index contributed by atoms with van der Waals surface area (Å²) in [6.07, 6.45) is 0.994. The molecule has 2 N–H and O–H groups in total. The van der Waals surface area contributed by atoms with Crippen molar-refractivity contribution in [1.82, 2.24) is 0 Å². The minimum Gasteiger partial charge on any atom is -0.480 e. The van der Waals surface area contributed by atoms with Crippen LogP contribution in [0.25, 0.3) is 0 Å². The number of para-hydroxylation sites is 1. The van der Waals surface area contributed by atoms with E-state index in [-0.39, 0.29) is 0 Å². The molecule has 1 saturated heterocycles. The smallest absolute Gasteiger partial charge is 0.329 e. The van der Waals surface area contributed by atoms with Crippen molar-refractivity contribution in [3.05, 3.63) is 30.3 Å². The van der Waals surface area contributed by atoms with Crippen molar-refractivity contribution >= 4 is 11.7 Å². The number of benzene rings is 1. The van der Waals surface area contributed by atoms with Gasteiger partial charge in [-0.05, 0) is 12.1 Å². The molecule has 16 heavy (non-hydrogen) atoms. The number of hydrogen-bond donors (Lipinski definition) is 2. The maximum atomic E-state index is 11.4. The largest absolute Gasteiger partial charge is 0.480 e. The molecule has 1 aromatic carbocycles. The third-order valence-corrected chi connectivity index (χ3v) is 2.91. The van der Waals surface area contributed by atoms with E-state index in [0.29, 0.717) is 26.1 Å². The van der Waals surface area contributed by atoms with Gasteiger partial charge in [0.05, 0.1) is 0 Å². The number of carboxylic acids is 1. The number of ether oxygens (including phenoxy) is 1. The van der Waals surface area contributed by atoms with Gasteiger partial charge in [0.2, 0.25) is 0 Å². The Morgan fingerprint density at radius 1 is 1.25 bits per heavy atom. The predicted molar refractivity (Wildman–Crippen MR) is 60.5 cm³/mol. The van der Waals surface area contributed by atoms with E-state index in [1.54, 1.807) is 0 Å². The van der Waals surface area contributed by atoms with Crippen molar-refractivity contribution in [2.45, 2.75) is 18.4 Å². The van der Waals surface area contributed by atoms with E-state index in [1.807, 2.05) is 30.3 Å². The molecule has 0 atom stereocenters. The van der Waals surface area contributed by atoms with E-state index in [9.17, 15) is 9.90 Å². The van der Waals surface area contributed by atoms with Crippen molar-refractivity contribution in [2.24, 2.45) is 0 Å². The highest BCUT2D eigenvalue weighted by molar-refractivity contribution is 5.83. The van der Waals surface area contributed by atoms with Crippen molar-refractivity contribution in [1.29, 1.82) is 0 Å². The van der Waals surface area contributed by atoms with Crippen molar-refractivity contribution in [2.75, 3.05) is 18.5 Å². The normalized spacial score (nSPS) is 19.0. The molecule has 2 rings (SSSR count). The van der Waals surface area contributed by atoms with Gasteiger partial charge in [-0.15, -0.1) is 0 Å². The zero-order valence-corrected chi connectivity index (χ0v) is 8.98. The summed E-state index contributed by atoms with van der Waals surface area (Å²) in [4.78, 5) is 11.4. The number of rotatable bonds is 3. The van der Waals surface area contributed by atoms with Gasteiger partial charge in [-0.1, -0.05) is 18.2 Å². The Morgan fingerprint density at radius 3 is 2.44 bits per heavy atom. The average molecular weight is 221 g/mol. The molecule has 1 aliphatic heterocycles. The molecule has 4 nitrogen and oxygen atoms in total. The molecule has 0 aliphatic carbocycles. The number of hydrogen-bond acceptors (Lipinski definition) is 3. The Bertz CT molecular complexity index is 358. The Balaban J connectivity index is 2.17. The molecular weight excluding hydrogens is 206 g/mol. The number of carboxylic acid groups (broad SMARTS) is 1. The summed E-state index contributed by atoms with van der Waals surface area (Å²) in [7, 11) is 0. The number of anilines is 1. The molecule has 0 bridgehead atoms. The zero-order chi connectivity index (χ0) is 11.4. The molecule has 0 radical (unpaired) electrons. The van der Waals surface area contributed by atoms with Crippen molar-refractivity contribution in [3.8, 4) is 0 Å². The van der Waals surface area contributed by atoms with Crippen LogP contribution in [0.2, 0.25) is 0 Å². The first-order valence-electron chi connectivity index (χ1n) is 5.37. The third-order valence-electron chi connectivity index (χ3n) is 2.91. The highest BCUT2D eigenvalue weighted by atomic mass is 16.5. The van der Waals surface area contributed by atoms with Gasteiger partial charge < -0.3 is 15.2 Å². The Kier molecular flexibility index (Phi) is 3.10. The Morgan fingerprint density at radius 2 is 1.88 bits per heavy atom. The maximum absolute atomic E-state index is 11.4. The van der Waals surface area contributed by atoms with Gasteiger partial charge in [-0.3, -0.25) is 0 Å². The fourth-order valence-corrected chi connectivity index (χ4v) is 1.91. The summed E-state index contributed by atoms with van der Waals surface area (Å²) in [5.41, 5.74) is -0.0358. The van der Waals surface area contributed by atoms with Crippen LogP contribution in [-0.4, -0.2) is 29.8 Å². The third kappa shape index (κ3) is 2.17. The first-order valence-corrected chi connectivity index (χ1v) is 5.37. The number of nitrogens with one attached hydrogen (secondary N) is 1. The standard InChI is InChI=1S/C12H15NO3/c14-11(15)12(6-8-16-9-7-12)13-10-4-2-1-3-5-10/h1-5,13H,6-9H2,(H,14,15). The summed E-state index contributed by atoms with van der Waals surface area (Å²) < 4.78 is 5.21. The summed E-state index contributed by atoms with van der Waals surface area (Å²) in [5, 5.41) is 12.4. The van der Waals surface area contributed by atoms with E-state index in [1.165, 1.54) is 0 Å². The highest BCUT2D eigenvalue weighted by Crippen LogP contribution is 2.26. The molecule has 0 unspecified atom stereocenters. The lowest BCUT2D eigenvalue weighted by atomic mass is 9.90. The van der Waals surface area contributed by atoms with Crippen LogP contribution in [0.15, 0.2) is 30.3 Å².